The fourth-order valence-corrected chi connectivity index (χ4v) is 3.27. The van der Waals surface area contributed by atoms with Crippen LogP contribution in [0.2, 0.25) is 0 Å². The number of benzene rings is 1. The molecule has 3 heteroatoms. The summed E-state index contributed by atoms with van der Waals surface area (Å²) < 4.78 is 0. The molecule has 0 amide bonds. The molecule has 0 fully saturated rings. The minimum Gasteiger partial charge on any atom is -0.305 e. The molecule has 0 radical (unpaired) electrons. The molecule has 2 rings (SSSR count). The molecule has 2 nitrogen and oxygen atoms in total. The maximum atomic E-state index is 4.56. The van der Waals surface area contributed by atoms with E-state index in [9.17, 15) is 0 Å². The number of hydrogen-bond donors (Lipinski definition) is 1. The third-order valence-corrected chi connectivity index (χ3v) is 4.94. The van der Waals surface area contributed by atoms with Crippen molar-refractivity contribution in [3.63, 3.8) is 0 Å². The first kappa shape index (κ1) is 16.2. The van der Waals surface area contributed by atoms with E-state index in [4.69, 9.17) is 0 Å². The zero-order valence-corrected chi connectivity index (χ0v) is 14.5. The molecule has 0 aliphatic heterocycles. The first-order valence-electron chi connectivity index (χ1n) is 7.61. The molecule has 0 aliphatic carbocycles. The zero-order chi connectivity index (χ0) is 15.5. The SMILES string of the molecule is CC(C)C(NCc1cnc(C(C)(C)C)s1)c1ccccc1. The van der Waals surface area contributed by atoms with Gasteiger partial charge in [0.1, 0.15) is 0 Å². The monoisotopic (exact) mass is 302 g/mol. The van der Waals surface area contributed by atoms with Gasteiger partial charge in [-0.3, -0.25) is 0 Å². The molecular formula is C18H26N2S. The van der Waals surface area contributed by atoms with Gasteiger partial charge in [0.25, 0.3) is 0 Å². The van der Waals surface area contributed by atoms with Crippen LogP contribution < -0.4 is 5.32 Å². The second-order valence-electron chi connectivity index (χ2n) is 6.89. The van der Waals surface area contributed by atoms with Crippen molar-refractivity contribution in [1.82, 2.24) is 10.3 Å². The molecule has 0 saturated heterocycles. The normalized spacial score (nSPS) is 13.6. The molecule has 21 heavy (non-hydrogen) atoms. The van der Waals surface area contributed by atoms with Crippen molar-refractivity contribution >= 4 is 11.3 Å². The molecule has 1 aromatic carbocycles. The second-order valence-corrected chi connectivity index (χ2v) is 8.01. The fourth-order valence-electron chi connectivity index (χ4n) is 2.35. The molecule has 1 atom stereocenters. The zero-order valence-electron chi connectivity index (χ0n) is 13.7. The van der Waals surface area contributed by atoms with Crippen LogP contribution in [0.15, 0.2) is 36.5 Å². The Morgan fingerprint density at radius 2 is 1.81 bits per heavy atom. The van der Waals surface area contributed by atoms with E-state index in [1.54, 1.807) is 0 Å². The van der Waals surface area contributed by atoms with Crippen molar-refractivity contribution < 1.29 is 0 Å². The summed E-state index contributed by atoms with van der Waals surface area (Å²) in [6.07, 6.45) is 2.01. The van der Waals surface area contributed by atoms with E-state index in [1.807, 2.05) is 17.5 Å². The fraction of sp³-hybridized carbons (Fsp3) is 0.500. The van der Waals surface area contributed by atoms with E-state index in [0.29, 0.717) is 12.0 Å². The Kier molecular flexibility index (Phi) is 5.17. The lowest BCUT2D eigenvalue weighted by atomic mass is 9.96. The summed E-state index contributed by atoms with van der Waals surface area (Å²) in [5.41, 5.74) is 1.49. The highest BCUT2D eigenvalue weighted by molar-refractivity contribution is 7.11. The molecule has 0 bridgehead atoms. The van der Waals surface area contributed by atoms with Crippen LogP contribution in [0.1, 0.15) is 56.1 Å². The molecule has 0 aliphatic rings. The van der Waals surface area contributed by atoms with Gasteiger partial charge in [-0.2, -0.15) is 0 Å². The van der Waals surface area contributed by atoms with Crippen LogP contribution in [-0.4, -0.2) is 4.98 Å². The smallest absolute Gasteiger partial charge is 0.0981 e. The Bertz CT molecular complexity index is 552. The van der Waals surface area contributed by atoms with E-state index in [-0.39, 0.29) is 5.41 Å². The van der Waals surface area contributed by atoms with E-state index in [0.717, 1.165) is 6.54 Å². The third-order valence-electron chi connectivity index (χ3n) is 3.52. The molecule has 1 aromatic heterocycles. The highest BCUT2D eigenvalue weighted by atomic mass is 32.1. The van der Waals surface area contributed by atoms with Gasteiger partial charge in [-0.05, 0) is 11.5 Å². The van der Waals surface area contributed by atoms with Crippen LogP contribution in [0, 0.1) is 5.92 Å². The predicted octanol–water partition coefficient (Wildman–Crippen LogP) is 4.93. The van der Waals surface area contributed by atoms with Crippen molar-refractivity contribution in [2.45, 2.75) is 52.6 Å². The van der Waals surface area contributed by atoms with Crippen molar-refractivity contribution in [2.24, 2.45) is 5.92 Å². The second kappa shape index (κ2) is 6.71. The molecule has 1 N–H and O–H groups in total. The summed E-state index contributed by atoms with van der Waals surface area (Å²) in [6.45, 7) is 12.0. The third kappa shape index (κ3) is 4.39. The van der Waals surface area contributed by atoms with Gasteiger partial charge in [-0.15, -0.1) is 11.3 Å². The number of thiazole rings is 1. The summed E-state index contributed by atoms with van der Waals surface area (Å²) in [6, 6.07) is 11.1. The lowest BCUT2D eigenvalue weighted by Gasteiger charge is -2.22. The highest BCUT2D eigenvalue weighted by Gasteiger charge is 2.19. The summed E-state index contributed by atoms with van der Waals surface area (Å²) in [5.74, 6) is 0.558. The Hall–Kier alpha value is -1.19. The van der Waals surface area contributed by atoms with Crippen LogP contribution in [0.3, 0.4) is 0 Å². The Labute approximate surface area is 132 Å². The van der Waals surface area contributed by atoms with Gasteiger partial charge < -0.3 is 5.32 Å². The summed E-state index contributed by atoms with van der Waals surface area (Å²) >= 11 is 1.82. The first-order chi connectivity index (χ1) is 9.88. The Balaban J connectivity index is 2.04. The number of hydrogen-bond acceptors (Lipinski definition) is 3. The van der Waals surface area contributed by atoms with Crippen molar-refractivity contribution in [1.29, 1.82) is 0 Å². The number of aromatic nitrogens is 1. The van der Waals surface area contributed by atoms with Crippen molar-refractivity contribution in [3.05, 3.63) is 52.0 Å². The van der Waals surface area contributed by atoms with Crippen molar-refractivity contribution in [2.75, 3.05) is 0 Å². The predicted molar refractivity (Wildman–Crippen MR) is 91.7 cm³/mol. The molecule has 0 saturated carbocycles. The van der Waals surface area contributed by atoms with E-state index >= 15 is 0 Å². The maximum absolute atomic E-state index is 4.56. The van der Waals surface area contributed by atoms with Gasteiger partial charge in [0.2, 0.25) is 0 Å². The summed E-state index contributed by atoms with van der Waals surface area (Å²) in [5, 5.41) is 4.90. The first-order valence-corrected chi connectivity index (χ1v) is 8.43. The van der Waals surface area contributed by atoms with Gasteiger partial charge in [0, 0.05) is 29.1 Å². The van der Waals surface area contributed by atoms with Crippen LogP contribution in [-0.2, 0) is 12.0 Å². The van der Waals surface area contributed by atoms with Gasteiger partial charge in [0.15, 0.2) is 0 Å². The van der Waals surface area contributed by atoms with Gasteiger partial charge >= 0.3 is 0 Å². The summed E-state index contributed by atoms with van der Waals surface area (Å²) in [7, 11) is 0. The average molecular weight is 302 g/mol. The lowest BCUT2D eigenvalue weighted by molar-refractivity contribution is 0.412. The number of rotatable bonds is 5. The standard InChI is InChI=1S/C18H26N2S/c1-13(2)16(14-9-7-6-8-10-14)19-11-15-12-20-17(21-15)18(3,4)5/h6-10,12-13,16,19H,11H2,1-5H3. The molecule has 0 spiro atoms. The molecule has 2 aromatic rings. The van der Waals surface area contributed by atoms with E-state index < -0.39 is 0 Å². The molecule has 1 unspecified atom stereocenters. The quantitative estimate of drug-likeness (QED) is 0.847. The Morgan fingerprint density at radius 1 is 1.14 bits per heavy atom. The summed E-state index contributed by atoms with van der Waals surface area (Å²) in [4.78, 5) is 5.87. The lowest BCUT2D eigenvalue weighted by Crippen LogP contribution is -2.25. The number of nitrogens with one attached hydrogen (secondary N) is 1. The van der Waals surface area contributed by atoms with Gasteiger partial charge in [0.05, 0.1) is 5.01 Å². The minimum absolute atomic E-state index is 0.139. The molecular weight excluding hydrogens is 276 g/mol. The van der Waals surface area contributed by atoms with Gasteiger partial charge in [-0.25, -0.2) is 4.98 Å². The maximum Gasteiger partial charge on any atom is 0.0981 e. The van der Waals surface area contributed by atoms with Crippen LogP contribution in [0.5, 0.6) is 0 Å². The Morgan fingerprint density at radius 3 is 2.33 bits per heavy atom. The van der Waals surface area contributed by atoms with Crippen LogP contribution >= 0.6 is 11.3 Å². The topological polar surface area (TPSA) is 24.9 Å². The van der Waals surface area contributed by atoms with E-state index in [2.05, 4.69) is 75.3 Å². The van der Waals surface area contributed by atoms with Crippen LogP contribution in [0.4, 0.5) is 0 Å². The number of nitrogens with zero attached hydrogens (tertiary/aromatic N) is 1. The van der Waals surface area contributed by atoms with Crippen molar-refractivity contribution in [3.8, 4) is 0 Å². The van der Waals surface area contributed by atoms with Crippen LogP contribution in [0.25, 0.3) is 0 Å². The minimum atomic E-state index is 0.139. The average Bonchev–Trinajstić information content (AvgIpc) is 2.88. The largest absolute Gasteiger partial charge is 0.305 e. The van der Waals surface area contributed by atoms with E-state index in [1.165, 1.54) is 15.4 Å². The molecule has 114 valence electrons. The highest BCUT2D eigenvalue weighted by Crippen LogP contribution is 2.28. The van der Waals surface area contributed by atoms with Gasteiger partial charge in [-0.1, -0.05) is 65.0 Å². The molecule has 1 heterocycles.